The minimum Gasteiger partial charge on any atom is -0.494 e. The van der Waals surface area contributed by atoms with Crippen molar-refractivity contribution in [2.75, 3.05) is 29.9 Å². The van der Waals surface area contributed by atoms with Crippen LogP contribution in [0.4, 0.5) is 11.5 Å². The van der Waals surface area contributed by atoms with Crippen molar-refractivity contribution in [2.24, 2.45) is 20.0 Å². The van der Waals surface area contributed by atoms with Crippen molar-refractivity contribution in [2.45, 2.75) is 19.8 Å². The third kappa shape index (κ3) is 4.11. The fourth-order valence-electron chi connectivity index (χ4n) is 3.47. The molecule has 150 valence electrons. The number of carbonyl (C=O) groups is 1. The molecule has 0 saturated carbocycles. The lowest BCUT2D eigenvalue weighted by molar-refractivity contribution is -0.120. The smallest absolute Gasteiger partial charge is 0.332 e. The van der Waals surface area contributed by atoms with E-state index in [1.54, 1.807) is 7.05 Å². The van der Waals surface area contributed by atoms with Crippen LogP contribution < -0.4 is 26.2 Å². The van der Waals surface area contributed by atoms with Crippen LogP contribution in [0.25, 0.3) is 0 Å². The topological polar surface area (TPSA) is 85.6 Å². The van der Waals surface area contributed by atoms with E-state index in [4.69, 9.17) is 4.74 Å². The molecule has 1 aliphatic rings. The van der Waals surface area contributed by atoms with E-state index in [1.165, 1.54) is 17.7 Å². The van der Waals surface area contributed by atoms with Gasteiger partial charge in [-0.2, -0.15) is 0 Å². The zero-order valence-corrected chi connectivity index (χ0v) is 16.5. The molecule has 1 saturated heterocycles. The van der Waals surface area contributed by atoms with Crippen molar-refractivity contribution in [3.05, 3.63) is 51.2 Å². The van der Waals surface area contributed by atoms with Gasteiger partial charge in [-0.15, -0.1) is 0 Å². The van der Waals surface area contributed by atoms with Gasteiger partial charge in [-0.05, 0) is 44.0 Å². The molecule has 1 N–H and O–H groups in total. The highest BCUT2D eigenvalue weighted by Crippen LogP contribution is 2.23. The number of rotatable bonds is 5. The van der Waals surface area contributed by atoms with Gasteiger partial charge in [0.25, 0.3) is 5.56 Å². The maximum Gasteiger partial charge on any atom is 0.332 e. The Balaban J connectivity index is 1.72. The minimum absolute atomic E-state index is 0.0670. The van der Waals surface area contributed by atoms with Gasteiger partial charge in [0.1, 0.15) is 11.6 Å². The average Bonchev–Trinajstić information content (AvgIpc) is 2.71. The highest BCUT2D eigenvalue weighted by molar-refractivity contribution is 5.93. The van der Waals surface area contributed by atoms with Crippen LogP contribution in [0.3, 0.4) is 0 Å². The zero-order valence-electron chi connectivity index (χ0n) is 16.5. The second-order valence-electron chi connectivity index (χ2n) is 6.97. The number of amides is 1. The zero-order chi connectivity index (χ0) is 20.3. The number of benzene rings is 1. The number of hydrogen-bond acceptors (Lipinski definition) is 5. The quantitative estimate of drug-likeness (QED) is 0.838. The number of carbonyl (C=O) groups excluding carboxylic acids is 1. The summed E-state index contributed by atoms with van der Waals surface area (Å²) in [5.41, 5.74) is -0.00548. The van der Waals surface area contributed by atoms with Crippen molar-refractivity contribution >= 4 is 17.4 Å². The van der Waals surface area contributed by atoms with E-state index in [0.717, 1.165) is 23.2 Å². The third-order valence-electron chi connectivity index (χ3n) is 5.05. The number of piperidine rings is 1. The number of hydrogen-bond donors (Lipinski definition) is 1. The summed E-state index contributed by atoms with van der Waals surface area (Å²) in [7, 11) is 3.10. The highest BCUT2D eigenvalue weighted by atomic mass is 16.5. The Morgan fingerprint density at radius 2 is 1.89 bits per heavy atom. The van der Waals surface area contributed by atoms with Crippen LogP contribution in [-0.4, -0.2) is 34.7 Å². The van der Waals surface area contributed by atoms with Crippen molar-refractivity contribution in [3.63, 3.8) is 0 Å². The lowest BCUT2D eigenvalue weighted by Crippen LogP contribution is -2.45. The number of aromatic nitrogens is 2. The highest BCUT2D eigenvalue weighted by Gasteiger charge is 2.27. The Labute approximate surface area is 163 Å². The molecule has 0 spiro atoms. The van der Waals surface area contributed by atoms with Crippen molar-refractivity contribution in [3.8, 4) is 5.75 Å². The van der Waals surface area contributed by atoms with E-state index >= 15 is 0 Å². The monoisotopic (exact) mass is 386 g/mol. The fourth-order valence-corrected chi connectivity index (χ4v) is 3.47. The molecular weight excluding hydrogens is 360 g/mol. The Morgan fingerprint density at radius 1 is 1.18 bits per heavy atom. The summed E-state index contributed by atoms with van der Waals surface area (Å²) in [6.45, 7) is 3.67. The van der Waals surface area contributed by atoms with Crippen molar-refractivity contribution in [1.82, 2.24) is 9.13 Å². The Hall–Kier alpha value is -3.03. The van der Waals surface area contributed by atoms with Crippen molar-refractivity contribution in [1.29, 1.82) is 0 Å². The third-order valence-corrected chi connectivity index (χ3v) is 5.05. The number of anilines is 2. The van der Waals surface area contributed by atoms with Gasteiger partial charge in [-0.1, -0.05) is 0 Å². The number of ether oxygens (including phenoxy) is 1. The van der Waals surface area contributed by atoms with Crippen molar-refractivity contribution < 1.29 is 9.53 Å². The molecule has 8 nitrogen and oxygen atoms in total. The summed E-state index contributed by atoms with van der Waals surface area (Å²) in [4.78, 5) is 38.9. The summed E-state index contributed by atoms with van der Waals surface area (Å²) < 4.78 is 7.94. The van der Waals surface area contributed by atoms with Crippen LogP contribution in [-0.2, 0) is 18.9 Å². The summed E-state index contributed by atoms with van der Waals surface area (Å²) in [5.74, 6) is 1.02. The lowest BCUT2D eigenvalue weighted by Gasteiger charge is -2.34. The summed E-state index contributed by atoms with van der Waals surface area (Å²) in [5, 5.41) is 2.94. The summed E-state index contributed by atoms with van der Waals surface area (Å²) >= 11 is 0. The normalized spacial score (nSPS) is 16.7. The van der Waals surface area contributed by atoms with Gasteiger partial charge in [0, 0.05) is 38.9 Å². The number of nitrogens with zero attached hydrogens (tertiary/aromatic N) is 3. The minimum atomic E-state index is -0.372. The van der Waals surface area contributed by atoms with Crippen LogP contribution in [0.2, 0.25) is 0 Å². The lowest BCUT2D eigenvalue weighted by atomic mass is 9.97. The molecule has 1 aromatic heterocycles. The molecule has 1 aromatic carbocycles. The molecule has 0 bridgehead atoms. The van der Waals surface area contributed by atoms with Gasteiger partial charge < -0.3 is 15.0 Å². The predicted molar refractivity (Wildman–Crippen MR) is 108 cm³/mol. The van der Waals surface area contributed by atoms with E-state index in [1.807, 2.05) is 36.1 Å². The van der Waals surface area contributed by atoms with Gasteiger partial charge in [0.15, 0.2) is 0 Å². The van der Waals surface area contributed by atoms with Crippen LogP contribution in [0.5, 0.6) is 5.75 Å². The summed E-state index contributed by atoms with van der Waals surface area (Å²) in [6.07, 6.45) is 1.57. The van der Waals surface area contributed by atoms with Crippen LogP contribution in [0, 0.1) is 5.92 Å². The molecular formula is C20H26N4O4. The molecule has 1 amide bonds. The largest absolute Gasteiger partial charge is 0.494 e. The first kappa shape index (κ1) is 19.7. The van der Waals surface area contributed by atoms with E-state index in [9.17, 15) is 14.4 Å². The van der Waals surface area contributed by atoms with E-state index in [-0.39, 0.29) is 23.1 Å². The average molecular weight is 386 g/mol. The molecule has 1 fully saturated rings. The van der Waals surface area contributed by atoms with Crippen LogP contribution >= 0.6 is 0 Å². The molecule has 2 heterocycles. The number of nitrogens with one attached hydrogen (secondary N) is 1. The first-order valence-electron chi connectivity index (χ1n) is 9.46. The van der Waals surface area contributed by atoms with Gasteiger partial charge >= 0.3 is 5.69 Å². The molecule has 0 radical (unpaired) electrons. The molecule has 0 unspecified atom stereocenters. The fraction of sp³-hybridized carbons (Fsp3) is 0.450. The molecule has 2 aromatic rings. The second kappa shape index (κ2) is 8.33. The van der Waals surface area contributed by atoms with E-state index < -0.39 is 0 Å². The first-order chi connectivity index (χ1) is 13.4. The van der Waals surface area contributed by atoms with Gasteiger partial charge in [0.05, 0.1) is 12.5 Å². The molecule has 1 aliphatic heterocycles. The Morgan fingerprint density at radius 3 is 2.57 bits per heavy atom. The first-order valence-corrected chi connectivity index (χ1v) is 9.46. The maximum atomic E-state index is 12.7. The SMILES string of the molecule is CCOc1ccc(NC(=O)[C@@H]2CCCN(c3cc(=O)n(C)c(=O)n3C)C2)cc1. The van der Waals surface area contributed by atoms with E-state index in [0.29, 0.717) is 31.2 Å². The molecule has 1 atom stereocenters. The van der Waals surface area contributed by atoms with E-state index in [2.05, 4.69) is 5.32 Å². The maximum absolute atomic E-state index is 12.7. The summed E-state index contributed by atoms with van der Waals surface area (Å²) in [6, 6.07) is 8.72. The Kier molecular flexibility index (Phi) is 5.87. The standard InChI is InChI=1S/C20H26N4O4/c1-4-28-16-9-7-15(8-10-16)21-19(26)14-6-5-11-24(13-14)17-12-18(25)23(3)20(27)22(17)2/h7-10,12,14H,4-6,11,13H2,1-3H3,(H,21,26)/t14-/m1/s1. The molecule has 3 rings (SSSR count). The molecule has 0 aliphatic carbocycles. The van der Waals surface area contributed by atoms with Crippen LogP contribution in [0.15, 0.2) is 39.9 Å². The van der Waals surface area contributed by atoms with Gasteiger partial charge in [0.2, 0.25) is 5.91 Å². The van der Waals surface area contributed by atoms with Gasteiger partial charge in [-0.3, -0.25) is 18.7 Å². The second-order valence-corrected chi connectivity index (χ2v) is 6.97. The van der Waals surface area contributed by atoms with Crippen LogP contribution in [0.1, 0.15) is 19.8 Å². The molecule has 28 heavy (non-hydrogen) atoms. The molecule has 8 heteroatoms. The van der Waals surface area contributed by atoms with Gasteiger partial charge in [-0.25, -0.2) is 4.79 Å². The Bertz CT molecular complexity index is 962. The predicted octanol–water partition coefficient (Wildman–Crippen LogP) is 1.34.